The molecule has 82 valence electrons. The zero-order chi connectivity index (χ0) is 11.6. The Morgan fingerprint density at radius 2 is 1.67 bits per heavy atom. The van der Waals surface area contributed by atoms with Crippen LogP contribution < -0.4 is 0 Å². The van der Waals surface area contributed by atoms with Crippen LogP contribution in [0.4, 0.5) is 14.5 Å². The molecule has 0 unspecified atom stereocenters. The topological polar surface area (TPSA) is 77.3 Å². The second-order valence-corrected chi connectivity index (χ2v) is 4.47. The molecule has 0 saturated carbocycles. The van der Waals surface area contributed by atoms with Crippen molar-refractivity contribution in [2.24, 2.45) is 0 Å². The van der Waals surface area contributed by atoms with Crippen molar-refractivity contribution in [1.82, 2.24) is 0 Å². The minimum Gasteiger partial charge on any atom is -0.258 e. The third-order valence-electron chi connectivity index (χ3n) is 1.61. The maximum absolute atomic E-state index is 12.0. The van der Waals surface area contributed by atoms with Gasteiger partial charge < -0.3 is 0 Å². The number of hydrogen-bond donors (Lipinski definition) is 0. The molecule has 8 heteroatoms. The van der Waals surface area contributed by atoms with Crippen LogP contribution in [0, 0.1) is 10.1 Å². The first kappa shape index (κ1) is 11.5. The van der Waals surface area contributed by atoms with Crippen LogP contribution in [0.1, 0.15) is 0 Å². The molecule has 5 nitrogen and oxygen atoms in total. The molecule has 0 saturated heterocycles. The molecule has 1 rings (SSSR count). The zero-order valence-electron chi connectivity index (χ0n) is 7.13. The van der Waals surface area contributed by atoms with E-state index in [0.29, 0.717) is 0 Å². The highest BCUT2D eigenvalue weighted by Gasteiger charge is 2.26. The summed E-state index contributed by atoms with van der Waals surface area (Å²) in [6, 6.07) is 3.27. The lowest BCUT2D eigenvalue weighted by Gasteiger charge is -2.01. The first-order valence-corrected chi connectivity index (χ1v) is 5.17. The van der Waals surface area contributed by atoms with Crippen LogP contribution in [-0.2, 0) is 9.84 Å². The quantitative estimate of drug-likeness (QED) is 0.590. The number of benzene rings is 1. The van der Waals surface area contributed by atoms with Crippen molar-refractivity contribution in [3.63, 3.8) is 0 Å². The maximum atomic E-state index is 12.0. The summed E-state index contributed by atoms with van der Waals surface area (Å²) >= 11 is 0. The van der Waals surface area contributed by atoms with E-state index in [1.54, 1.807) is 0 Å². The fourth-order valence-electron chi connectivity index (χ4n) is 0.860. The predicted molar refractivity (Wildman–Crippen MR) is 46.3 cm³/mol. The highest BCUT2D eigenvalue weighted by molar-refractivity contribution is 7.91. The van der Waals surface area contributed by atoms with Gasteiger partial charge in [0.05, 0.1) is 9.82 Å². The molecule has 15 heavy (non-hydrogen) atoms. The number of nitro benzene ring substituents is 1. The summed E-state index contributed by atoms with van der Waals surface area (Å²) < 4.78 is 45.9. The van der Waals surface area contributed by atoms with E-state index in [0.717, 1.165) is 24.3 Å². The molecule has 0 radical (unpaired) electrons. The molecule has 0 aliphatic carbocycles. The van der Waals surface area contributed by atoms with Gasteiger partial charge >= 0.3 is 5.76 Å². The Bertz CT molecular complexity index is 468. The fraction of sp³-hybridized carbons (Fsp3) is 0.143. The van der Waals surface area contributed by atoms with Gasteiger partial charge in [-0.15, -0.1) is 0 Å². The molecule has 0 aromatic heterocycles. The second-order valence-electron chi connectivity index (χ2n) is 2.56. The first-order valence-electron chi connectivity index (χ1n) is 3.62. The van der Waals surface area contributed by atoms with Gasteiger partial charge in [0.2, 0.25) is 9.84 Å². The van der Waals surface area contributed by atoms with E-state index in [1.165, 1.54) is 0 Å². The number of sulfone groups is 1. The van der Waals surface area contributed by atoms with E-state index in [-0.39, 0.29) is 5.69 Å². The Kier molecular flexibility index (Phi) is 2.98. The third-order valence-corrected chi connectivity index (χ3v) is 3.01. The average molecular weight is 237 g/mol. The Morgan fingerprint density at radius 3 is 2.00 bits per heavy atom. The third kappa shape index (κ3) is 2.27. The molecule has 0 N–H and O–H groups in total. The molecule has 0 aliphatic rings. The molecular formula is C7H5F2NO4S. The van der Waals surface area contributed by atoms with Gasteiger partial charge in [-0.25, -0.2) is 8.42 Å². The van der Waals surface area contributed by atoms with Gasteiger partial charge in [0.15, 0.2) is 0 Å². The van der Waals surface area contributed by atoms with E-state index in [4.69, 9.17) is 0 Å². The van der Waals surface area contributed by atoms with E-state index in [9.17, 15) is 27.3 Å². The van der Waals surface area contributed by atoms with Gasteiger partial charge in [-0.1, -0.05) is 0 Å². The molecule has 0 aliphatic heterocycles. The molecule has 1 aromatic rings. The lowest BCUT2D eigenvalue weighted by Crippen LogP contribution is -2.11. The number of nitro groups is 1. The Hall–Kier alpha value is -1.57. The van der Waals surface area contributed by atoms with Gasteiger partial charge in [-0.2, -0.15) is 8.78 Å². The van der Waals surface area contributed by atoms with E-state index in [2.05, 4.69) is 0 Å². The van der Waals surface area contributed by atoms with E-state index < -0.39 is 25.4 Å². The zero-order valence-corrected chi connectivity index (χ0v) is 7.95. The maximum Gasteiger partial charge on any atom is 0.341 e. The molecule has 0 atom stereocenters. The van der Waals surface area contributed by atoms with Crippen molar-refractivity contribution >= 4 is 15.5 Å². The molecule has 1 aromatic carbocycles. The summed E-state index contributed by atoms with van der Waals surface area (Å²) in [5.74, 6) is -3.53. The Labute approximate surface area is 83.4 Å². The second kappa shape index (κ2) is 3.89. The van der Waals surface area contributed by atoms with Crippen LogP contribution in [0.15, 0.2) is 29.2 Å². The summed E-state index contributed by atoms with van der Waals surface area (Å²) in [4.78, 5) is 8.82. The summed E-state index contributed by atoms with van der Waals surface area (Å²) in [6.45, 7) is 0. The number of non-ortho nitro benzene ring substituents is 1. The summed E-state index contributed by atoms with van der Waals surface area (Å²) in [6.07, 6.45) is 0. The van der Waals surface area contributed by atoms with E-state index >= 15 is 0 Å². The van der Waals surface area contributed by atoms with Crippen LogP contribution >= 0.6 is 0 Å². The van der Waals surface area contributed by atoms with Crippen LogP contribution in [0.5, 0.6) is 0 Å². The van der Waals surface area contributed by atoms with Gasteiger partial charge in [0.1, 0.15) is 0 Å². The smallest absolute Gasteiger partial charge is 0.258 e. The SMILES string of the molecule is O=[N+]([O-])c1ccc(S(=O)(=O)C(F)F)cc1. The molecule has 0 spiro atoms. The number of alkyl halides is 2. The highest BCUT2D eigenvalue weighted by atomic mass is 32.2. The molecule has 0 bridgehead atoms. The van der Waals surface area contributed by atoms with E-state index in [1.807, 2.05) is 0 Å². The number of nitrogens with zero attached hydrogens (tertiary/aromatic N) is 1. The Balaban J connectivity index is 3.15. The molecule has 0 heterocycles. The fourth-order valence-corrected chi connectivity index (χ4v) is 1.58. The number of rotatable bonds is 3. The molecule has 0 fully saturated rings. The van der Waals surface area contributed by atoms with Crippen LogP contribution in [0.3, 0.4) is 0 Å². The normalized spacial score (nSPS) is 11.7. The molecular weight excluding hydrogens is 232 g/mol. The summed E-state index contributed by atoms with van der Waals surface area (Å²) in [7, 11) is -4.68. The van der Waals surface area contributed by atoms with Crippen molar-refractivity contribution in [1.29, 1.82) is 0 Å². The van der Waals surface area contributed by atoms with Crippen LogP contribution in [0.25, 0.3) is 0 Å². The van der Waals surface area contributed by atoms with Crippen LogP contribution in [-0.4, -0.2) is 19.1 Å². The van der Waals surface area contributed by atoms with Crippen LogP contribution in [0.2, 0.25) is 0 Å². The summed E-state index contributed by atoms with van der Waals surface area (Å²) in [5, 5.41) is 10.2. The molecule has 0 amide bonds. The van der Waals surface area contributed by atoms with Crippen molar-refractivity contribution in [3.05, 3.63) is 34.4 Å². The average Bonchev–Trinajstić information content (AvgIpc) is 2.17. The number of halogens is 2. The van der Waals surface area contributed by atoms with Gasteiger partial charge in [-0.05, 0) is 12.1 Å². The van der Waals surface area contributed by atoms with Gasteiger partial charge in [0, 0.05) is 12.1 Å². The minimum atomic E-state index is -4.68. The standard InChI is InChI=1S/C7H5F2NO4S/c8-7(9)15(13,14)6-3-1-5(2-4-6)10(11)12/h1-4,7H. The lowest BCUT2D eigenvalue weighted by molar-refractivity contribution is -0.384. The van der Waals surface area contributed by atoms with Crippen molar-refractivity contribution in [3.8, 4) is 0 Å². The largest absolute Gasteiger partial charge is 0.341 e. The monoisotopic (exact) mass is 237 g/mol. The lowest BCUT2D eigenvalue weighted by atomic mass is 10.3. The van der Waals surface area contributed by atoms with Crippen molar-refractivity contribution < 1.29 is 22.1 Å². The van der Waals surface area contributed by atoms with Crippen molar-refractivity contribution in [2.75, 3.05) is 0 Å². The van der Waals surface area contributed by atoms with Gasteiger partial charge in [0.25, 0.3) is 5.69 Å². The number of hydrogen-bond acceptors (Lipinski definition) is 4. The minimum absolute atomic E-state index is 0.358. The summed E-state index contributed by atoms with van der Waals surface area (Å²) in [5.41, 5.74) is -0.358. The predicted octanol–water partition coefficient (Wildman–Crippen LogP) is 1.59. The Morgan fingerprint density at radius 1 is 1.20 bits per heavy atom. The first-order chi connectivity index (χ1) is 6.85. The highest BCUT2D eigenvalue weighted by Crippen LogP contribution is 2.20. The van der Waals surface area contributed by atoms with Crippen molar-refractivity contribution in [2.45, 2.75) is 10.7 Å². The van der Waals surface area contributed by atoms with Gasteiger partial charge in [-0.3, -0.25) is 10.1 Å².